The molecule has 40 heavy (non-hydrogen) atoms. The molecule has 0 bridgehead atoms. The van der Waals surface area contributed by atoms with E-state index in [4.69, 9.17) is 4.74 Å². The number of benzene rings is 2. The topological polar surface area (TPSA) is 95.9 Å². The van der Waals surface area contributed by atoms with Gasteiger partial charge >= 0.3 is 12.4 Å². The van der Waals surface area contributed by atoms with E-state index in [-0.39, 0.29) is 47.4 Å². The summed E-state index contributed by atoms with van der Waals surface area (Å²) in [6, 6.07) is 4.36. The Kier molecular flexibility index (Phi) is 8.13. The first-order valence-electron chi connectivity index (χ1n) is 12.2. The highest BCUT2D eigenvalue weighted by molar-refractivity contribution is 7.92. The van der Waals surface area contributed by atoms with E-state index >= 15 is 0 Å². The Morgan fingerprint density at radius 3 is 2.15 bits per heavy atom. The van der Waals surface area contributed by atoms with E-state index in [1.165, 1.54) is 0 Å². The van der Waals surface area contributed by atoms with Crippen LogP contribution in [0.5, 0.6) is 0 Å². The predicted octanol–water partition coefficient (Wildman–Crippen LogP) is 4.19. The minimum Gasteiger partial charge on any atom is -0.381 e. The van der Waals surface area contributed by atoms with Gasteiger partial charge in [-0.25, -0.2) is 12.8 Å². The summed E-state index contributed by atoms with van der Waals surface area (Å²) in [5.74, 6) is -1.44. The summed E-state index contributed by atoms with van der Waals surface area (Å²) < 4.78 is 128. The van der Waals surface area contributed by atoms with Crippen LogP contribution in [0.4, 0.5) is 36.4 Å². The zero-order chi connectivity index (χ0) is 29.5. The van der Waals surface area contributed by atoms with Crippen molar-refractivity contribution >= 4 is 21.6 Å². The van der Waals surface area contributed by atoms with Gasteiger partial charge in [0.15, 0.2) is 0 Å². The van der Waals surface area contributed by atoms with E-state index in [0.29, 0.717) is 38.2 Å². The molecule has 2 aromatic carbocycles. The van der Waals surface area contributed by atoms with Crippen molar-refractivity contribution in [1.29, 1.82) is 0 Å². The van der Waals surface area contributed by atoms with Crippen LogP contribution in [0.25, 0.3) is 0 Å². The Bertz CT molecular complexity index is 1330. The number of nitrogens with zero attached hydrogens (tertiary/aromatic N) is 1. The summed E-state index contributed by atoms with van der Waals surface area (Å²) in [7, 11) is -4.53. The Balaban J connectivity index is 1.75. The largest absolute Gasteiger partial charge is 0.430 e. The highest BCUT2D eigenvalue weighted by Crippen LogP contribution is 2.51. The molecule has 0 spiro atoms. The van der Waals surface area contributed by atoms with E-state index < -0.39 is 45.4 Å². The number of carbonyl (C=O) groups is 1. The van der Waals surface area contributed by atoms with Crippen LogP contribution in [-0.2, 0) is 31.6 Å². The van der Waals surface area contributed by atoms with E-state index in [1.54, 1.807) is 0 Å². The number of carbonyl (C=O) groups excluding carboxylic acids is 1. The van der Waals surface area contributed by atoms with Gasteiger partial charge in [0.2, 0.25) is 5.91 Å². The second-order valence-electron chi connectivity index (χ2n) is 9.63. The number of rotatable bonds is 6. The summed E-state index contributed by atoms with van der Waals surface area (Å²) in [6.07, 6.45) is -11.6. The van der Waals surface area contributed by atoms with Gasteiger partial charge in [-0.05, 0) is 61.6 Å². The van der Waals surface area contributed by atoms with Crippen LogP contribution >= 0.6 is 0 Å². The highest BCUT2D eigenvalue weighted by atomic mass is 32.2. The van der Waals surface area contributed by atoms with Gasteiger partial charge in [0.1, 0.15) is 5.82 Å². The van der Waals surface area contributed by atoms with Crippen LogP contribution in [0.2, 0.25) is 0 Å². The van der Waals surface area contributed by atoms with Gasteiger partial charge in [-0.1, -0.05) is 12.1 Å². The molecule has 0 aromatic heterocycles. The number of anilines is 1. The van der Waals surface area contributed by atoms with Crippen molar-refractivity contribution in [3.05, 3.63) is 59.4 Å². The molecule has 1 atom stereocenters. The first-order valence-corrected chi connectivity index (χ1v) is 13.7. The number of hydrogen-bond acceptors (Lipinski definition) is 5. The standard InChI is InChI=1S/C25H25F7N2O5S/c26-18-3-6-20(7-4-18)40(37,38)34-19(14-33-22(35)15-9-11-39-12-10-15)5-1-16-13-17(2-8-21(16)34)23(36,24(27,28)29)25(30,31)32/h2-4,6-8,13,15,19,36H,1,5,9-12,14H2,(H,33,35)/t19-/m0/s1. The summed E-state index contributed by atoms with van der Waals surface area (Å²) >= 11 is 0. The van der Waals surface area contributed by atoms with Gasteiger partial charge < -0.3 is 15.2 Å². The molecule has 2 aromatic rings. The number of fused-ring (bicyclic) bond motifs is 1. The van der Waals surface area contributed by atoms with Crippen LogP contribution in [0.1, 0.15) is 30.4 Å². The van der Waals surface area contributed by atoms with Gasteiger partial charge in [0, 0.05) is 31.2 Å². The van der Waals surface area contributed by atoms with Gasteiger partial charge in [-0.2, -0.15) is 26.3 Å². The summed E-state index contributed by atoms with van der Waals surface area (Å²) in [5.41, 5.74) is -7.13. The van der Waals surface area contributed by atoms with E-state index in [1.807, 2.05) is 0 Å². The molecule has 2 aliphatic heterocycles. The molecular formula is C25H25F7N2O5S. The lowest BCUT2D eigenvalue weighted by atomic mass is 9.88. The average Bonchev–Trinajstić information content (AvgIpc) is 2.89. The maximum absolute atomic E-state index is 13.7. The molecule has 1 fully saturated rings. The molecule has 7 nitrogen and oxygen atoms in total. The molecule has 0 radical (unpaired) electrons. The Hall–Kier alpha value is -2.91. The third kappa shape index (κ3) is 5.50. The van der Waals surface area contributed by atoms with Crippen LogP contribution in [0.3, 0.4) is 0 Å². The van der Waals surface area contributed by atoms with Crippen molar-refractivity contribution in [2.24, 2.45) is 5.92 Å². The van der Waals surface area contributed by atoms with Gasteiger partial charge in [-0.15, -0.1) is 0 Å². The van der Waals surface area contributed by atoms with E-state index in [2.05, 4.69) is 5.32 Å². The SMILES string of the molecule is O=C(NC[C@@H]1CCc2cc(C(O)(C(F)(F)F)C(F)(F)F)ccc2N1S(=O)(=O)c1ccc(F)cc1)C1CCOCC1. The minimum absolute atomic E-state index is 0.0819. The van der Waals surface area contributed by atoms with Crippen LogP contribution < -0.4 is 9.62 Å². The molecule has 1 saturated heterocycles. The van der Waals surface area contributed by atoms with Crippen LogP contribution in [0, 0.1) is 11.7 Å². The third-order valence-electron chi connectivity index (χ3n) is 7.11. The number of alkyl halides is 6. The van der Waals surface area contributed by atoms with Gasteiger partial charge in [-0.3, -0.25) is 9.10 Å². The maximum Gasteiger partial charge on any atom is 0.430 e. The molecule has 220 valence electrons. The number of ether oxygens (including phenoxy) is 1. The number of amides is 1. The molecule has 15 heteroatoms. The van der Waals surface area contributed by atoms with Crippen molar-refractivity contribution in [1.82, 2.24) is 5.32 Å². The van der Waals surface area contributed by atoms with E-state index in [9.17, 15) is 49.1 Å². The number of hydrogen-bond donors (Lipinski definition) is 2. The predicted molar refractivity (Wildman–Crippen MR) is 127 cm³/mol. The number of nitrogens with one attached hydrogen (secondary N) is 1. The van der Waals surface area contributed by atoms with Crippen LogP contribution in [0.15, 0.2) is 47.4 Å². The van der Waals surface area contributed by atoms with Gasteiger partial charge in [0.05, 0.1) is 16.6 Å². The second kappa shape index (κ2) is 10.8. The average molecular weight is 599 g/mol. The fraction of sp³-hybridized carbons (Fsp3) is 0.480. The van der Waals surface area contributed by atoms with E-state index in [0.717, 1.165) is 34.6 Å². The summed E-state index contributed by atoms with van der Waals surface area (Å²) in [5, 5.41) is 12.5. The summed E-state index contributed by atoms with van der Waals surface area (Å²) in [4.78, 5) is 12.3. The molecular weight excluding hydrogens is 573 g/mol. The number of aryl methyl sites for hydroxylation is 1. The Labute approximate surface area is 225 Å². The smallest absolute Gasteiger partial charge is 0.381 e. The fourth-order valence-electron chi connectivity index (χ4n) is 4.90. The monoisotopic (exact) mass is 598 g/mol. The molecule has 0 aliphatic carbocycles. The highest BCUT2D eigenvalue weighted by Gasteiger charge is 2.71. The molecule has 4 rings (SSSR count). The van der Waals surface area contributed by atoms with Crippen molar-refractivity contribution < 1.29 is 53.8 Å². The van der Waals surface area contributed by atoms with Crippen molar-refractivity contribution in [3.8, 4) is 0 Å². The molecule has 1 amide bonds. The zero-order valence-corrected chi connectivity index (χ0v) is 21.5. The maximum atomic E-state index is 13.7. The lowest BCUT2D eigenvalue weighted by Gasteiger charge is -2.39. The third-order valence-corrected chi connectivity index (χ3v) is 8.99. The number of halogens is 7. The number of aliphatic hydroxyl groups is 1. The minimum atomic E-state index is -6.12. The molecule has 2 heterocycles. The Morgan fingerprint density at radius 2 is 1.57 bits per heavy atom. The molecule has 2 N–H and O–H groups in total. The summed E-state index contributed by atoms with van der Waals surface area (Å²) in [6.45, 7) is 0.557. The molecule has 0 unspecified atom stereocenters. The van der Waals surface area contributed by atoms with Crippen LogP contribution in [-0.4, -0.2) is 57.6 Å². The number of sulfonamides is 1. The second-order valence-corrected chi connectivity index (χ2v) is 11.4. The first kappa shape index (κ1) is 30.1. The lowest BCUT2D eigenvalue weighted by Crippen LogP contribution is -2.54. The fourth-order valence-corrected chi connectivity index (χ4v) is 6.62. The first-order chi connectivity index (χ1) is 18.6. The van der Waals surface area contributed by atoms with Gasteiger partial charge in [0.25, 0.3) is 15.6 Å². The molecule has 0 saturated carbocycles. The quantitative estimate of drug-likeness (QED) is 0.487. The van der Waals surface area contributed by atoms with Crippen molar-refractivity contribution in [2.45, 2.75) is 54.6 Å². The van der Waals surface area contributed by atoms with Crippen molar-refractivity contribution in [2.75, 3.05) is 24.1 Å². The zero-order valence-electron chi connectivity index (χ0n) is 20.7. The Morgan fingerprint density at radius 1 is 0.975 bits per heavy atom. The lowest BCUT2D eigenvalue weighted by molar-refractivity contribution is -0.376. The molecule has 2 aliphatic rings. The normalized spacial score (nSPS) is 19.3. The van der Waals surface area contributed by atoms with Crippen molar-refractivity contribution in [3.63, 3.8) is 0 Å².